The predicted molar refractivity (Wildman–Crippen MR) is 108 cm³/mol. The molecule has 3 heterocycles. The Labute approximate surface area is 172 Å². The van der Waals surface area contributed by atoms with Crippen molar-refractivity contribution in [1.29, 1.82) is 0 Å². The maximum absolute atomic E-state index is 12.1. The van der Waals surface area contributed by atoms with Gasteiger partial charge in [0.05, 0.1) is 12.4 Å². The lowest BCUT2D eigenvalue weighted by Gasteiger charge is -2.17. The van der Waals surface area contributed by atoms with Gasteiger partial charge in [0.1, 0.15) is 18.5 Å². The van der Waals surface area contributed by atoms with Crippen LogP contribution in [0, 0.1) is 0 Å². The molecular formula is C20H24N6O4. The van der Waals surface area contributed by atoms with Crippen LogP contribution in [0.2, 0.25) is 0 Å². The minimum atomic E-state index is -1.36. The number of fused-ring (bicyclic) bond motifs is 1. The smallest absolute Gasteiger partial charge is 0.252 e. The summed E-state index contributed by atoms with van der Waals surface area (Å²) in [5.41, 5.74) is 2.00. The number of amides is 1. The Kier molecular flexibility index (Phi) is 5.62. The van der Waals surface area contributed by atoms with E-state index >= 15 is 0 Å². The van der Waals surface area contributed by atoms with Crippen LogP contribution in [0.25, 0.3) is 11.2 Å². The van der Waals surface area contributed by atoms with Crippen LogP contribution in [-0.4, -0.2) is 60.5 Å². The summed E-state index contributed by atoms with van der Waals surface area (Å²) in [4.78, 5) is 25.1. The van der Waals surface area contributed by atoms with Gasteiger partial charge in [-0.15, -0.1) is 0 Å². The number of nitrogens with one attached hydrogen (secondary N) is 2. The predicted octanol–water partition coefficient (Wildman–Crippen LogP) is 0.755. The molecule has 4 N–H and O–H groups in total. The number of anilines is 1. The van der Waals surface area contributed by atoms with Crippen LogP contribution in [0.1, 0.15) is 31.7 Å². The fourth-order valence-electron chi connectivity index (χ4n) is 3.55. The van der Waals surface area contributed by atoms with Crippen molar-refractivity contribution < 1.29 is 19.7 Å². The average Bonchev–Trinajstić information content (AvgIpc) is 3.31. The zero-order valence-electron chi connectivity index (χ0n) is 16.6. The lowest BCUT2D eigenvalue weighted by molar-refractivity contribution is -0.137. The molecule has 1 fully saturated rings. The van der Waals surface area contributed by atoms with Crippen molar-refractivity contribution in [3.05, 3.63) is 48.5 Å². The molecule has 2 aromatic heterocycles. The minimum Gasteiger partial charge on any atom is -0.387 e. The number of aliphatic hydroxyl groups is 2. The standard InChI is InChI=1S/C20H24N6O4/c1-3-21-19(29)16-14(27)15(28)20(30-16)26-10-24-13-17(22-9-23-18(13)26)25-11(2)12-7-5-4-6-8-12/h4-11,14-16,20,27-28H,3H2,1-2H3,(H,21,29)(H,22,23,25). The molecule has 0 radical (unpaired) electrons. The van der Waals surface area contributed by atoms with Gasteiger partial charge >= 0.3 is 0 Å². The second-order valence-electron chi connectivity index (χ2n) is 7.15. The van der Waals surface area contributed by atoms with Gasteiger partial charge in [-0.1, -0.05) is 30.3 Å². The number of carbonyl (C=O) groups excluding carboxylic acids is 1. The zero-order chi connectivity index (χ0) is 21.3. The van der Waals surface area contributed by atoms with E-state index in [9.17, 15) is 15.0 Å². The molecule has 3 aromatic rings. The molecule has 0 spiro atoms. The lowest BCUT2D eigenvalue weighted by Crippen LogP contribution is -2.42. The van der Waals surface area contributed by atoms with Crippen molar-refractivity contribution in [2.24, 2.45) is 0 Å². The van der Waals surface area contributed by atoms with E-state index < -0.39 is 30.4 Å². The Morgan fingerprint density at radius 2 is 1.97 bits per heavy atom. The van der Waals surface area contributed by atoms with Crippen molar-refractivity contribution >= 4 is 22.9 Å². The first kappa shape index (κ1) is 20.2. The molecule has 1 amide bonds. The van der Waals surface area contributed by atoms with Gasteiger partial charge in [-0.05, 0) is 19.4 Å². The summed E-state index contributed by atoms with van der Waals surface area (Å²) in [7, 11) is 0. The third kappa shape index (κ3) is 3.60. The average molecular weight is 412 g/mol. The second-order valence-corrected chi connectivity index (χ2v) is 7.15. The van der Waals surface area contributed by atoms with E-state index in [0.717, 1.165) is 5.56 Å². The van der Waals surface area contributed by atoms with Gasteiger partial charge in [0.15, 0.2) is 29.3 Å². The number of aliphatic hydroxyl groups excluding tert-OH is 2. The summed E-state index contributed by atoms with van der Waals surface area (Å²) >= 11 is 0. The molecular weight excluding hydrogens is 388 g/mol. The van der Waals surface area contributed by atoms with Crippen molar-refractivity contribution in [2.45, 2.75) is 44.4 Å². The van der Waals surface area contributed by atoms with Crippen molar-refractivity contribution in [2.75, 3.05) is 11.9 Å². The topological polar surface area (TPSA) is 134 Å². The van der Waals surface area contributed by atoms with Crippen LogP contribution in [0.3, 0.4) is 0 Å². The van der Waals surface area contributed by atoms with Gasteiger partial charge in [0.25, 0.3) is 5.91 Å². The summed E-state index contributed by atoms with van der Waals surface area (Å²) in [6.07, 6.45) is -2.02. The van der Waals surface area contributed by atoms with E-state index in [1.54, 1.807) is 6.92 Å². The van der Waals surface area contributed by atoms with E-state index in [1.807, 2.05) is 37.3 Å². The molecule has 30 heavy (non-hydrogen) atoms. The summed E-state index contributed by atoms with van der Waals surface area (Å²) in [6.45, 7) is 4.16. The molecule has 0 aliphatic carbocycles. The van der Waals surface area contributed by atoms with E-state index in [4.69, 9.17) is 4.74 Å². The van der Waals surface area contributed by atoms with Gasteiger partial charge < -0.3 is 25.6 Å². The number of benzene rings is 1. The monoisotopic (exact) mass is 412 g/mol. The van der Waals surface area contributed by atoms with Gasteiger partial charge in [-0.2, -0.15) is 0 Å². The van der Waals surface area contributed by atoms with Crippen LogP contribution >= 0.6 is 0 Å². The van der Waals surface area contributed by atoms with E-state index in [-0.39, 0.29) is 6.04 Å². The highest BCUT2D eigenvalue weighted by molar-refractivity contribution is 5.83. The summed E-state index contributed by atoms with van der Waals surface area (Å²) in [5.74, 6) is 0.0491. The van der Waals surface area contributed by atoms with Gasteiger partial charge in [-0.3, -0.25) is 9.36 Å². The number of ether oxygens (including phenoxy) is 1. The van der Waals surface area contributed by atoms with E-state index in [1.165, 1.54) is 17.2 Å². The number of likely N-dealkylation sites (N-methyl/N-ethyl adjacent to an activating group) is 1. The quantitative estimate of drug-likeness (QED) is 0.466. The molecule has 4 rings (SSSR count). The third-order valence-electron chi connectivity index (χ3n) is 5.13. The van der Waals surface area contributed by atoms with Crippen molar-refractivity contribution in [3.63, 3.8) is 0 Å². The molecule has 5 atom stereocenters. The van der Waals surface area contributed by atoms with Crippen LogP contribution in [-0.2, 0) is 9.53 Å². The molecule has 1 saturated heterocycles. The molecule has 158 valence electrons. The molecule has 5 unspecified atom stereocenters. The van der Waals surface area contributed by atoms with Crippen LogP contribution in [0.15, 0.2) is 43.0 Å². The van der Waals surface area contributed by atoms with Gasteiger partial charge in [0, 0.05) is 6.54 Å². The van der Waals surface area contributed by atoms with Crippen LogP contribution in [0.5, 0.6) is 0 Å². The Hall–Kier alpha value is -3.08. The highest BCUT2D eigenvalue weighted by Gasteiger charge is 2.47. The van der Waals surface area contributed by atoms with Gasteiger partial charge in [0.2, 0.25) is 0 Å². The molecule has 0 bridgehead atoms. The highest BCUT2D eigenvalue weighted by Crippen LogP contribution is 2.33. The maximum atomic E-state index is 12.1. The Balaban J connectivity index is 1.61. The summed E-state index contributed by atoms with van der Waals surface area (Å²) in [6, 6.07) is 9.89. The largest absolute Gasteiger partial charge is 0.387 e. The fraction of sp³-hybridized carbons (Fsp3) is 0.400. The van der Waals surface area contributed by atoms with Crippen LogP contribution in [0.4, 0.5) is 5.82 Å². The Morgan fingerprint density at radius 3 is 2.70 bits per heavy atom. The molecule has 1 aromatic carbocycles. The summed E-state index contributed by atoms with van der Waals surface area (Å²) < 4.78 is 7.18. The fourth-order valence-corrected chi connectivity index (χ4v) is 3.55. The summed E-state index contributed by atoms with van der Waals surface area (Å²) in [5, 5.41) is 26.7. The maximum Gasteiger partial charge on any atom is 0.252 e. The van der Waals surface area contributed by atoms with Crippen LogP contribution < -0.4 is 10.6 Å². The SMILES string of the molecule is CCNC(=O)C1OC(n2cnc3c(NC(C)c4ccccc4)ncnc32)C(O)C1O. The Bertz CT molecular complexity index is 1030. The lowest BCUT2D eigenvalue weighted by atomic mass is 10.1. The molecule has 10 heteroatoms. The number of nitrogens with zero attached hydrogens (tertiary/aromatic N) is 4. The molecule has 1 aliphatic rings. The molecule has 10 nitrogen and oxygen atoms in total. The molecule has 1 aliphatic heterocycles. The number of hydrogen-bond donors (Lipinski definition) is 4. The Morgan fingerprint density at radius 1 is 1.20 bits per heavy atom. The molecule has 0 saturated carbocycles. The first-order valence-electron chi connectivity index (χ1n) is 9.79. The first-order chi connectivity index (χ1) is 14.5. The normalized spacial score (nSPS) is 24.7. The first-order valence-corrected chi connectivity index (χ1v) is 9.79. The number of aromatic nitrogens is 4. The van der Waals surface area contributed by atoms with Crippen molar-refractivity contribution in [1.82, 2.24) is 24.8 Å². The van der Waals surface area contributed by atoms with E-state index in [0.29, 0.717) is 23.5 Å². The number of carbonyl (C=O) groups is 1. The number of rotatable bonds is 6. The second kappa shape index (κ2) is 8.34. The minimum absolute atomic E-state index is 0.0216. The van der Waals surface area contributed by atoms with Crippen molar-refractivity contribution in [3.8, 4) is 0 Å². The highest BCUT2D eigenvalue weighted by atomic mass is 16.6. The van der Waals surface area contributed by atoms with E-state index in [2.05, 4.69) is 25.6 Å². The zero-order valence-corrected chi connectivity index (χ0v) is 16.6. The third-order valence-corrected chi connectivity index (χ3v) is 5.13. The number of imidazole rings is 1. The van der Waals surface area contributed by atoms with Gasteiger partial charge in [-0.25, -0.2) is 15.0 Å². The number of hydrogen-bond acceptors (Lipinski definition) is 8.